The minimum absolute atomic E-state index is 0.186. The lowest BCUT2D eigenvalue weighted by Crippen LogP contribution is -2.47. The maximum atomic E-state index is 13.3. The van der Waals surface area contributed by atoms with Crippen LogP contribution in [-0.4, -0.2) is 84.9 Å². The fraction of sp³-hybridized carbons (Fsp3) is 0.500. The van der Waals surface area contributed by atoms with Gasteiger partial charge in [0.05, 0.1) is 23.5 Å². The Morgan fingerprint density at radius 2 is 1.57 bits per heavy atom. The second kappa shape index (κ2) is 14.0. The van der Waals surface area contributed by atoms with Gasteiger partial charge in [0.2, 0.25) is 0 Å². The summed E-state index contributed by atoms with van der Waals surface area (Å²) in [4.78, 5) is 18.3. The number of rotatable bonds is 9. The predicted octanol–water partition coefficient (Wildman–Crippen LogP) is 4.12. The third-order valence-electron chi connectivity index (χ3n) is 6.28. The molecule has 0 bridgehead atoms. The van der Waals surface area contributed by atoms with E-state index in [-0.39, 0.29) is 13.0 Å². The maximum Gasteiger partial charge on any atom is 0.416 e. The molecular weight excluding hydrogens is 505 g/mol. The average Bonchev–Trinajstić information content (AvgIpc) is 2.87. The van der Waals surface area contributed by atoms with Gasteiger partial charge in [0, 0.05) is 55.5 Å². The van der Waals surface area contributed by atoms with Gasteiger partial charge >= 0.3 is 12.1 Å². The Balaban J connectivity index is 0.000000479. The average molecular weight is 541 g/mol. The van der Waals surface area contributed by atoms with Gasteiger partial charge in [-0.1, -0.05) is 23.9 Å². The number of nitrogens with zero attached hydrogens (tertiary/aromatic N) is 3. The van der Waals surface area contributed by atoms with Crippen LogP contribution in [0.25, 0.3) is 0 Å². The molecule has 0 aromatic heterocycles. The van der Waals surface area contributed by atoms with E-state index < -0.39 is 17.7 Å². The van der Waals surface area contributed by atoms with Crippen LogP contribution in [0.4, 0.5) is 24.5 Å². The number of benzene rings is 2. The highest BCUT2D eigenvalue weighted by Gasteiger charge is 2.33. The zero-order valence-corrected chi connectivity index (χ0v) is 21.6. The molecule has 0 atom stereocenters. The highest BCUT2D eigenvalue weighted by atomic mass is 32.2. The molecule has 204 valence electrons. The van der Waals surface area contributed by atoms with Crippen molar-refractivity contribution in [3.63, 3.8) is 0 Å². The Labute approximate surface area is 220 Å². The first-order valence-electron chi connectivity index (χ1n) is 12.5. The van der Waals surface area contributed by atoms with Crippen molar-refractivity contribution < 1.29 is 28.2 Å². The number of aliphatic carboxylic acids is 1. The first kappa shape index (κ1) is 29.2. The number of nitrogens with two attached hydrogens (primary N) is 1. The van der Waals surface area contributed by atoms with Gasteiger partial charge in [0.1, 0.15) is 0 Å². The number of alkyl halides is 3. The summed E-state index contributed by atoms with van der Waals surface area (Å²) in [5.74, 6) is -0.773. The molecule has 2 aromatic rings. The smallest absolute Gasteiger partial charge is 0.416 e. The van der Waals surface area contributed by atoms with Crippen molar-refractivity contribution in [3.05, 3.63) is 48.0 Å². The van der Waals surface area contributed by atoms with Gasteiger partial charge in [-0.2, -0.15) is 13.2 Å². The van der Waals surface area contributed by atoms with E-state index in [0.29, 0.717) is 31.7 Å². The number of carboxylic acids is 1. The predicted molar refractivity (Wildman–Crippen MR) is 140 cm³/mol. The van der Waals surface area contributed by atoms with Gasteiger partial charge in [0.15, 0.2) is 0 Å². The Morgan fingerprint density at radius 1 is 0.919 bits per heavy atom. The molecule has 1 fully saturated rings. The van der Waals surface area contributed by atoms with E-state index in [0.717, 1.165) is 54.6 Å². The van der Waals surface area contributed by atoms with Gasteiger partial charge in [-0.3, -0.25) is 9.69 Å². The summed E-state index contributed by atoms with van der Waals surface area (Å²) >= 11 is 1.53. The number of piperazine rings is 1. The van der Waals surface area contributed by atoms with Gasteiger partial charge < -0.3 is 25.7 Å². The number of aliphatic hydroxyl groups is 1. The van der Waals surface area contributed by atoms with Crippen molar-refractivity contribution in [3.8, 4) is 0 Å². The Hall–Kier alpha value is -2.31. The third kappa shape index (κ3) is 8.61. The van der Waals surface area contributed by atoms with Crippen LogP contribution >= 0.6 is 11.8 Å². The van der Waals surface area contributed by atoms with Crippen LogP contribution in [-0.2, 0) is 11.0 Å². The van der Waals surface area contributed by atoms with Gasteiger partial charge in [-0.05, 0) is 56.3 Å². The van der Waals surface area contributed by atoms with E-state index in [2.05, 4.69) is 9.80 Å². The monoisotopic (exact) mass is 540 g/mol. The lowest BCUT2D eigenvalue weighted by atomic mass is 10.1. The molecule has 2 aromatic carbocycles. The number of anilines is 2. The standard InChI is InChI=1S/C22H26F3N3OS.C4H9NO2/c23-22(24,25)17-6-7-21-19(16-17)28(18-4-1-2-5-20(18)30-21)9-3-8-26-10-12-27(13-11-26)14-15-29;5-3-1-2-4(6)7/h1-2,4-7,16,29H,3,8-15H2;1-3,5H2,(H,6,7). The lowest BCUT2D eigenvalue weighted by Gasteiger charge is -2.36. The van der Waals surface area contributed by atoms with Gasteiger partial charge in [-0.25, -0.2) is 0 Å². The lowest BCUT2D eigenvalue weighted by molar-refractivity contribution is -0.138. The number of fused-ring (bicyclic) bond motifs is 2. The molecule has 0 radical (unpaired) electrons. The quantitative estimate of drug-likeness (QED) is 0.438. The zero-order chi connectivity index (χ0) is 26.8. The molecule has 2 aliphatic heterocycles. The largest absolute Gasteiger partial charge is 0.481 e. The van der Waals surface area contributed by atoms with Crippen molar-refractivity contribution in [1.29, 1.82) is 0 Å². The number of β-amino-alcohol motifs (C(OH)–C–C–N with tert-alkyl or cyclic N) is 1. The molecular formula is C26H35F3N4O3S. The van der Waals surface area contributed by atoms with Crippen molar-refractivity contribution in [2.75, 3.05) is 63.9 Å². The Kier molecular flexibility index (Phi) is 11.1. The number of aliphatic hydroxyl groups excluding tert-OH is 1. The topological polar surface area (TPSA) is 93.3 Å². The minimum Gasteiger partial charge on any atom is -0.481 e. The zero-order valence-electron chi connectivity index (χ0n) is 20.8. The number of hydrogen-bond donors (Lipinski definition) is 3. The van der Waals surface area contributed by atoms with Crippen LogP contribution in [0.2, 0.25) is 0 Å². The van der Waals surface area contributed by atoms with E-state index >= 15 is 0 Å². The van der Waals surface area contributed by atoms with E-state index in [1.165, 1.54) is 23.9 Å². The summed E-state index contributed by atoms with van der Waals surface area (Å²) in [5.41, 5.74) is 6.02. The van der Waals surface area contributed by atoms with E-state index in [1.54, 1.807) is 6.07 Å². The molecule has 37 heavy (non-hydrogen) atoms. The minimum atomic E-state index is -4.35. The summed E-state index contributed by atoms with van der Waals surface area (Å²) < 4.78 is 39.9. The molecule has 11 heteroatoms. The molecule has 0 saturated carbocycles. The molecule has 0 aliphatic carbocycles. The first-order valence-corrected chi connectivity index (χ1v) is 13.3. The summed E-state index contributed by atoms with van der Waals surface area (Å²) in [6.07, 6.45) is -2.71. The number of hydrogen-bond acceptors (Lipinski definition) is 7. The molecule has 1 saturated heterocycles. The number of carbonyl (C=O) groups is 1. The number of carboxylic acid groups (broad SMARTS) is 1. The molecule has 4 rings (SSSR count). The molecule has 0 spiro atoms. The summed E-state index contributed by atoms with van der Waals surface area (Å²) in [7, 11) is 0. The van der Waals surface area contributed by atoms with Crippen LogP contribution in [0.1, 0.15) is 24.8 Å². The molecule has 2 heterocycles. The highest BCUT2D eigenvalue weighted by molar-refractivity contribution is 7.99. The number of halogens is 3. The maximum absolute atomic E-state index is 13.3. The molecule has 0 amide bonds. The molecule has 0 unspecified atom stereocenters. The summed E-state index contributed by atoms with van der Waals surface area (Å²) in [6, 6.07) is 11.9. The highest BCUT2D eigenvalue weighted by Crippen LogP contribution is 2.49. The SMILES string of the molecule is NCCCC(=O)O.OCCN1CCN(CCCN2c3ccccc3Sc3ccc(C(F)(F)F)cc32)CC1. The third-order valence-corrected chi connectivity index (χ3v) is 7.42. The van der Waals surface area contributed by atoms with Crippen molar-refractivity contribution in [2.24, 2.45) is 5.73 Å². The fourth-order valence-electron chi connectivity index (χ4n) is 4.33. The van der Waals surface area contributed by atoms with Crippen LogP contribution < -0.4 is 10.6 Å². The second-order valence-electron chi connectivity index (χ2n) is 8.95. The van der Waals surface area contributed by atoms with E-state index in [4.69, 9.17) is 15.9 Å². The van der Waals surface area contributed by atoms with Crippen LogP contribution in [0.5, 0.6) is 0 Å². The van der Waals surface area contributed by atoms with Crippen LogP contribution in [0.15, 0.2) is 52.3 Å². The van der Waals surface area contributed by atoms with Gasteiger partial charge in [0.25, 0.3) is 0 Å². The van der Waals surface area contributed by atoms with Crippen molar-refractivity contribution in [2.45, 2.75) is 35.2 Å². The van der Waals surface area contributed by atoms with Crippen molar-refractivity contribution in [1.82, 2.24) is 9.80 Å². The van der Waals surface area contributed by atoms with Crippen molar-refractivity contribution >= 4 is 29.1 Å². The normalized spacial score (nSPS) is 16.0. The summed E-state index contributed by atoms with van der Waals surface area (Å²) in [5, 5.41) is 17.1. The van der Waals surface area contributed by atoms with Crippen LogP contribution in [0.3, 0.4) is 0 Å². The Morgan fingerprint density at radius 3 is 2.16 bits per heavy atom. The summed E-state index contributed by atoms with van der Waals surface area (Å²) in [6.45, 7) is 6.76. The van der Waals surface area contributed by atoms with E-state index in [9.17, 15) is 18.0 Å². The van der Waals surface area contributed by atoms with E-state index in [1.807, 2.05) is 29.2 Å². The Bertz CT molecular complexity index is 1020. The molecule has 2 aliphatic rings. The van der Waals surface area contributed by atoms with Gasteiger partial charge in [-0.15, -0.1) is 0 Å². The second-order valence-corrected chi connectivity index (χ2v) is 10.0. The first-order chi connectivity index (χ1) is 17.7. The molecule has 7 nitrogen and oxygen atoms in total. The number of para-hydroxylation sites is 1. The fourth-order valence-corrected chi connectivity index (χ4v) is 5.41. The molecule has 4 N–H and O–H groups in total. The van der Waals surface area contributed by atoms with Crippen LogP contribution in [0, 0.1) is 0 Å².